The number of hydrogen-bond acceptors (Lipinski definition) is 5. The molecule has 0 unspecified atom stereocenters. The van der Waals surface area contributed by atoms with E-state index in [1.807, 2.05) is 6.07 Å². The van der Waals surface area contributed by atoms with E-state index in [0.717, 1.165) is 41.7 Å². The molecule has 3 N–H and O–H groups in total. The highest BCUT2D eigenvalue weighted by Gasteiger charge is 2.21. The summed E-state index contributed by atoms with van der Waals surface area (Å²) in [5, 5.41) is 4.57. The number of amides is 1. The van der Waals surface area contributed by atoms with E-state index in [-0.39, 0.29) is 5.91 Å². The number of fused-ring (bicyclic) bond motifs is 1. The van der Waals surface area contributed by atoms with Gasteiger partial charge in [-0.15, -0.1) is 11.3 Å². The van der Waals surface area contributed by atoms with Crippen LogP contribution in [0.4, 0.5) is 5.69 Å². The molecule has 5 nitrogen and oxygen atoms in total. The number of nitrogens with two attached hydrogens (primary N) is 1. The zero-order chi connectivity index (χ0) is 14.1. The Balaban J connectivity index is 1.93. The van der Waals surface area contributed by atoms with Gasteiger partial charge in [0.15, 0.2) is 0 Å². The number of hydrogen-bond donors (Lipinski definition) is 2. The summed E-state index contributed by atoms with van der Waals surface area (Å²) in [4.78, 5) is 18.7. The number of aromatic nitrogens is 1. The van der Waals surface area contributed by atoms with Crippen LogP contribution >= 0.6 is 11.3 Å². The standard InChI is InChI=1S/C14H18N4OS/c1-18-6-3-9(4-7-18)17-12-10-2-5-16-8-11(10)20-13(12)14(15)19/h2,5,8-9,17H,3-4,6-7H2,1H3,(H2,15,19). The van der Waals surface area contributed by atoms with Crippen LogP contribution in [0, 0.1) is 0 Å². The van der Waals surface area contributed by atoms with E-state index in [9.17, 15) is 4.79 Å². The molecule has 1 fully saturated rings. The van der Waals surface area contributed by atoms with Crippen molar-refractivity contribution < 1.29 is 4.79 Å². The van der Waals surface area contributed by atoms with Gasteiger partial charge in [0.1, 0.15) is 4.88 Å². The van der Waals surface area contributed by atoms with Crippen LogP contribution in [0.3, 0.4) is 0 Å². The van der Waals surface area contributed by atoms with Crippen molar-refractivity contribution >= 4 is 33.0 Å². The molecule has 20 heavy (non-hydrogen) atoms. The molecule has 3 heterocycles. The highest BCUT2D eigenvalue weighted by Crippen LogP contribution is 2.36. The fraction of sp³-hybridized carbons (Fsp3) is 0.429. The van der Waals surface area contributed by atoms with Crippen molar-refractivity contribution in [3.63, 3.8) is 0 Å². The molecule has 0 atom stereocenters. The number of carbonyl (C=O) groups is 1. The van der Waals surface area contributed by atoms with Crippen molar-refractivity contribution in [3.05, 3.63) is 23.3 Å². The first-order valence-electron chi connectivity index (χ1n) is 6.76. The van der Waals surface area contributed by atoms with E-state index >= 15 is 0 Å². The van der Waals surface area contributed by atoms with Gasteiger partial charge >= 0.3 is 0 Å². The van der Waals surface area contributed by atoms with Gasteiger partial charge in [0.05, 0.1) is 10.4 Å². The highest BCUT2D eigenvalue weighted by molar-refractivity contribution is 7.21. The molecule has 0 saturated carbocycles. The summed E-state index contributed by atoms with van der Waals surface area (Å²) in [6.07, 6.45) is 5.69. The summed E-state index contributed by atoms with van der Waals surface area (Å²) in [5.41, 5.74) is 6.39. The van der Waals surface area contributed by atoms with Gasteiger partial charge in [0, 0.05) is 23.8 Å². The second kappa shape index (κ2) is 5.38. The third-order valence-electron chi connectivity index (χ3n) is 3.78. The molecule has 1 amide bonds. The van der Waals surface area contributed by atoms with Gasteiger partial charge < -0.3 is 16.0 Å². The molecule has 3 rings (SSSR count). The number of nitrogens with one attached hydrogen (secondary N) is 1. The third kappa shape index (κ3) is 2.48. The predicted molar refractivity (Wildman–Crippen MR) is 82.3 cm³/mol. The van der Waals surface area contributed by atoms with Crippen molar-refractivity contribution in [2.75, 3.05) is 25.5 Å². The molecule has 2 aromatic heterocycles. The Morgan fingerprint density at radius 3 is 2.95 bits per heavy atom. The Morgan fingerprint density at radius 2 is 2.25 bits per heavy atom. The van der Waals surface area contributed by atoms with E-state index in [0.29, 0.717) is 10.9 Å². The summed E-state index contributed by atoms with van der Waals surface area (Å²) < 4.78 is 0.997. The molecule has 106 valence electrons. The number of anilines is 1. The van der Waals surface area contributed by atoms with E-state index in [1.165, 1.54) is 11.3 Å². The van der Waals surface area contributed by atoms with Crippen molar-refractivity contribution in [3.8, 4) is 0 Å². The lowest BCUT2D eigenvalue weighted by molar-refractivity contribution is 0.100. The lowest BCUT2D eigenvalue weighted by atomic mass is 10.0. The van der Waals surface area contributed by atoms with Crippen molar-refractivity contribution in [2.24, 2.45) is 5.73 Å². The van der Waals surface area contributed by atoms with Gasteiger partial charge in [-0.05, 0) is 39.0 Å². The molecule has 1 aliphatic rings. The Hall–Kier alpha value is -1.66. The highest BCUT2D eigenvalue weighted by atomic mass is 32.1. The SMILES string of the molecule is CN1CCC(Nc2c(C(N)=O)sc3cnccc23)CC1. The number of thiophene rings is 1. The van der Waals surface area contributed by atoms with Crippen LogP contribution in [0.15, 0.2) is 18.5 Å². The van der Waals surface area contributed by atoms with Gasteiger partial charge in [-0.2, -0.15) is 0 Å². The number of piperidine rings is 1. The second-order valence-electron chi connectivity index (χ2n) is 5.26. The van der Waals surface area contributed by atoms with Crippen LogP contribution in [-0.2, 0) is 0 Å². The minimum Gasteiger partial charge on any atom is -0.380 e. The molecular formula is C14H18N4OS. The van der Waals surface area contributed by atoms with Gasteiger partial charge in [0.25, 0.3) is 5.91 Å². The average Bonchev–Trinajstić information content (AvgIpc) is 2.81. The van der Waals surface area contributed by atoms with Gasteiger partial charge in [0.2, 0.25) is 0 Å². The van der Waals surface area contributed by atoms with Gasteiger partial charge in [-0.25, -0.2) is 0 Å². The van der Waals surface area contributed by atoms with E-state index in [2.05, 4.69) is 22.2 Å². The topological polar surface area (TPSA) is 71.2 Å². The summed E-state index contributed by atoms with van der Waals surface area (Å²) >= 11 is 1.41. The van der Waals surface area contributed by atoms with Gasteiger partial charge in [-0.3, -0.25) is 9.78 Å². The van der Waals surface area contributed by atoms with Crippen LogP contribution in [0.25, 0.3) is 10.1 Å². The Kier molecular flexibility index (Phi) is 3.58. The number of primary amides is 1. The molecule has 0 bridgehead atoms. The van der Waals surface area contributed by atoms with Crippen LogP contribution in [-0.4, -0.2) is 42.0 Å². The predicted octanol–water partition coefficient (Wildman–Crippen LogP) is 1.90. The first-order chi connectivity index (χ1) is 9.65. The Morgan fingerprint density at radius 1 is 1.50 bits per heavy atom. The van der Waals surface area contributed by atoms with Crippen LogP contribution in [0.1, 0.15) is 22.5 Å². The molecule has 0 aromatic carbocycles. The van der Waals surface area contributed by atoms with E-state index in [4.69, 9.17) is 5.73 Å². The minimum atomic E-state index is -0.373. The lowest BCUT2D eigenvalue weighted by Gasteiger charge is -2.30. The molecule has 1 aliphatic heterocycles. The maximum atomic E-state index is 11.6. The molecule has 0 radical (unpaired) electrons. The number of pyridine rings is 1. The number of likely N-dealkylation sites (tertiary alicyclic amines) is 1. The maximum absolute atomic E-state index is 11.6. The first kappa shape index (κ1) is 13.3. The molecule has 2 aromatic rings. The van der Waals surface area contributed by atoms with Crippen molar-refractivity contribution in [2.45, 2.75) is 18.9 Å². The van der Waals surface area contributed by atoms with Crippen LogP contribution in [0.5, 0.6) is 0 Å². The average molecular weight is 290 g/mol. The van der Waals surface area contributed by atoms with Crippen LogP contribution < -0.4 is 11.1 Å². The van der Waals surface area contributed by atoms with E-state index in [1.54, 1.807) is 12.4 Å². The van der Waals surface area contributed by atoms with Crippen LogP contribution in [0.2, 0.25) is 0 Å². The molecule has 0 spiro atoms. The fourth-order valence-electron chi connectivity index (χ4n) is 2.62. The zero-order valence-electron chi connectivity index (χ0n) is 11.4. The number of nitrogens with zero attached hydrogens (tertiary/aromatic N) is 2. The Bertz CT molecular complexity index is 631. The first-order valence-corrected chi connectivity index (χ1v) is 7.58. The second-order valence-corrected chi connectivity index (χ2v) is 6.32. The smallest absolute Gasteiger partial charge is 0.260 e. The quantitative estimate of drug-likeness (QED) is 0.905. The van der Waals surface area contributed by atoms with E-state index < -0.39 is 0 Å². The summed E-state index contributed by atoms with van der Waals surface area (Å²) in [5.74, 6) is -0.373. The number of carbonyl (C=O) groups excluding carboxylic acids is 1. The summed E-state index contributed by atoms with van der Waals surface area (Å²) in [7, 11) is 2.14. The zero-order valence-corrected chi connectivity index (χ0v) is 12.2. The largest absolute Gasteiger partial charge is 0.380 e. The van der Waals surface area contributed by atoms with Crippen molar-refractivity contribution in [1.82, 2.24) is 9.88 Å². The fourth-order valence-corrected chi connectivity index (χ4v) is 3.61. The monoisotopic (exact) mass is 290 g/mol. The lowest BCUT2D eigenvalue weighted by Crippen LogP contribution is -2.37. The Labute approximate surface area is 121 Å². The summed E-state index contributed by atoms with van der Waals surface area (Å²) in [6.45, 7) is 2.15. The van der Waals surface area contributed by atoms with Gasteiger partial charge in [-0.1, -0.05) is 0 Å². The maximum Gasteiger partial charge on any atom is 0.260 e. The third-order valence-corrected chi connectivity index (χ3v) is 4.94. The molecule has 1 saturated heterocycles. The minimum absolute atomic E-state index is 0.373. The normalized spacial score (nSPS) is 17.4. The summed E-state index contributed by atoms with van der Waals surface area (Å²) in [6, 6.07) is 2.34. The molecule has 6 heteroatoms. The number of rotatable bonds is 3. The molecular weight excluding hydrogens is 272 g/mol. The molecule has 0 aliphatic carbocycles. The van der Waals surface area contributed by atoms with Crippen molar-refractivity contribution in [1.29, 1.82) is 0 Å².